The summed E-state index contributed by atoms with van der Waals surface area (Å²) in [5, 5.41) is 2.25. The Hall–Kier alpha value is -2.85. The van der Waals surface area contributed by atoms with Crippen LogP contribution < -0.4 is 11.1 Å². The molecule has 32 heavy (non-hydrogen) atoms. The van der Waals surface area contributed by atoms with E-state index in [1.807, 2.05) is 6.07 Å². The monoisotopic (exact) mass is 461 g/mol. The molecule has 10 heteroatoms. The number of hydrogen-bond donors (Lipinski definition) is 2. The zero-order valence-corrected chi connectivity index (χ0v) is 19.2. The Bertz CT molecular complexity index is 956. The van der Waals surface area contributed by atoms with Crippen molar-refractivity contribution in [3.8, 4) is 0 Å². The molecule has 9 nitrogen and oxygen atoms in total. The van der Waals surface area contributed by atoms with E-state index in [9.17, 15) is 19.2 Å². The fourth-order valence-corrected chi connectivity index (χ4v) is 4.53. The minimum atomic E-state index is -0.911. The van der Waals surface area contributed by atoms with Crippen molar-refractivity contribution in [2.45, 2.75) is 45.2 Å². The van der Waals surface area contributed by atoms with Gasteiger partial charge in [-0.05, 0) is 38.8 Å². The van der Waals surface area contributed by atoms with Gasteiger partial charge in [-0.15, -0.1) is 11.8 Å². The highest BCUT2D eigenvalue weighted by molar-refractivity contribution is 8.00. The summed E-state index contributed by atoms with van der Waals surface area (Å²) in [7, 11) is 0. The van der Waals surface area contributed by atoms with Gasteiger partial charge in [0, 0.05) is 5.75 Å². The molecule has 3 N–H and O–H groups in total. The number of β-lactam (4-membered cyclic amide) rings is 1. The third-order valence-corrected chi connectivity index (χ3v) is 6.51. The van der Waals surface area contributed by atoms with Gasteiger partial charge in [0.25, 0.3) is 5.91 Å². The Morgan fingerprint density at radius 1 is 1.22 bits per heavy atom. The highest BCUT2D eigenvalue weighted by Gasteiger charge is 2.54. The summed E-state index contributed by atoms with van der Waals surface area (Å²) in [5.74, 6) is -1.68. The molecule has 2 aliphatic rings. The number of amides is 2. The van der Waals surface area contributed by atoms with Crippen LogP contribution in [0.15, 0.2) is 41.6 Å². The molecule has 1 aromatic carbocycles. The summed E-state index contributed by atoms with van der Waals surface area (Å²) < 4.78 is 10.0. The molecular formula is C22H27N3O6S. The zero-order chi connectivity index (χ0) is 23.6. The molecule has 1 saturated heterocycles. The van der Waals surface area contributed by atoms with E-state index >= 15 is 0 Å². The van der Waals surface area contributed by atoms with Crippen LogP contribution in [0.1, 0.15) is 39.3 Å². The largest absolute Gasteiger partial charge is 0.427 e. The summed E-state index contributed by atoms with van der Waals surface area (Å²) in [6.45, 7) is 6.24. The molecule has 0 saturated carbocycles. The Balaban J connectivity index is 1.62. The van der Waals surface area contributed by atoms with Crippen molar-refractivity contribution in [1.82, 2.24) is 10.2 Å². The molecule has 0 aromatic heterocycles. The lowest BCUT2D eigenvalue weighted by molar-refractivity contribution is -0.173. The second kappa shape index (κ2) is 9.33. The van der Waals surface area contributed by atoms with Crippen LogP contribution in [0, 0.1) is 5.41 Å². The minimum Gasteiger partial charge on any atom is -0.427 e. The highest BCUT2D eigenvalue weighted by Crippen LogP contribution is 2.40. The number of carbonyl (C=O) groups is 4. The van der Waals surface area contributed by atoms with Crippen LogP contribution in [-0.4, -0.2) is 52.6 Å². The summed E-state index contributed by atoms with van der Waals surface area (Å²) in [5.41, 5.74) is 6.70. The van der Waals surface area contributed by atoms with Gasteiger partial charge >= 0.3 is 11.9 Å². The Kier molecular flexibility index (Phi) is 6.94. The standard InChI is InChI=1S/C22H27N3O6S/c1-12-10-32-19-15(24-17(26)14(23)13-8-6-5-7-9-13)18(27)25(19)16(12)20(28)30-11-31-21(29)22(2,3)4/h5-9,14-15,19H,10-11,23H2,1-4H3,(H,24,26)/t14-,15-,19-/m1/s1. The lowest BCUT2D eigenvalue weighted by Gasteiger charge is -2.49. The first-order valence-corrected chi connectivity index (χ1v) is 11.2. The zero-order valence-electron chi connectivity index (χ0n) is 18.4. The molecule has 0 unspecified atom stereocenters. The summed E-state index contributed by atoms with van der Waals surface area (Å²) in [6, 6.07) is 7.14. The van der Waals surface area contributed by atoms with Crippen LogP contribution in [0.5, 0.6) is 0 Å². The van der Waals surface area contributed by atoms with Crippen LogP contribution in [0.2, 0.25) is 0 Å². The minimum absolute atomic E-state index is 0.114. The number of nitrogens with two attached hydrogens (primary N) is 1. The van der Waals surface area contributed by atoms with E-state index < -0.39 is 53.4 Å². The second-order valence-electron chi connectivity index (χ2n) is 8.64. The van der Waals surface area contributed by atoms with Crippen LogP contribution in [0.3, 0.4) is 0 Å². The number of esters is 2. The fraction of sp³-hybridized carbons (Fsp3) is 0.455. The molecule has 0 bridgehead atoms. The normalized spacial score (nSPS) is 21.3. The average molecular weight is 462 g/mol. The molecular weight excluding hydrogens is 434 g/mol. The molecule has 3 rings (SSSR count). The van der Waals surface area contributed by atoms with Crippen molar-refractivity contribution in [3.63, 3.8) is 0 Å². The van der Waals surface area contributed by atoms with Gasteiger partial charge in [0.1, 0.15) is 23.2 Å². The lowest BCUT2D eigenvalue weighted by atomic mass is 9.98. The molecule has 172 valence electrons. The van der Waals surface area contributed by atoms with Gasteiger partial charge in [-0.3, -0.25) is 19.3 Å². The first-order valence-electron chi connectivity index (χ1n) is 10.1. The Morgan fingerprint density at radius 3 is 2.50 bits per heavy atom. The van der Waals surface area contributed by atoms with Gasteiger partial charge in [0.15, 0.2) is 0 Å². The topological polar surface area (TPSA) is 128 Å². The summed E-state index contributed by atoms with van der Waals surface area (Å²) >= 11 is 1.43. The number of nitrogens with one attached hydrogen (secondary N) is 1. The van der Waals surface area contributed by atoms with Gasteiger partial charge in [-0.1, -0.05) is 30.3 Å². The van der Waals surface area contributed by atoms with Crippen molar-refractivity contribution in [2.24, 2.45) is 11.1 Å². The maximum absolute atomic E-state index is 12.8. The Labute approximate surface area is 190 Å². The van der Waals surface area contributed by atoms with Gasteiger partial charge in [0.2, 0.25) is 12.7 Å². The molecule has 3 atom stereocenters. The number of hydrogen-bond acceptors (Lipinski definition) is 8. The maximum atomic E-state index is 12.8. The van der Waals surface area contributed by atoms with Crippen molar-refractivity contribution in [3.05, 3.63) is 47.2 Å². The van der Waals surface area contributed by atoms with Crippen molar-refractivity contribution in [1.29, 1.82) is 0 Å². The number of thioether (sulfide) groups is 1. The van der Waals surface area contributed by atoms with E-state index in [2.05, 4.69) is 5.32 Å². The fourth-order valence-electron chi connectivity index (χ4n) is 3.24. The van der Waals surface area contributed by atoms with Crippen LogP contribution >= 0.6 is 11.8 Å². The maximum Gasteiger partial charge on any atom is 0.357 e. The van der Waals surface area contributed by atoms with Crippen molar-refractivity contribution >= 4 is 35.5 Å². The Morgan fingerprint density at radius 2 is 1.88 bits per heavy atom. The third kappa shape index (κ3) is 4.81. The summed E-state index contributed by atoms with van der Waals surface area (Å²) in [6.07, 6.45) is 0. The molecule has 0 radical (unpaired) electrons. The molecule has 2 heterocycles. The number of carbonyl (C=O) groups excluding carboxylic acids is 4. The van der Waals surface area contributed by atoms with Crippen LogP contribution in [0.4, 0.5) is 0 Å². The number of rotatable bonds is 6. The van der Waals surface area contributed by atoms with Gasteiger partial charge in [-0.2, -0.15) is 0 Å². The van der Waals surface area contributed by atoms with Crippen molar-refractivity contribution in [2.75, 3.05) is 12.5 Å². The smallest absolute Gasteiger partial charge is 0.357 e. The molecule has 0 spiro atoms. The third-order valence-electron chi connectivity index (χ3n) is 5.08. The highest BCUT2D eigenvalue weighted by atomic mass is 32.2. The molecule has 2 aliphatic heterocycles. The van der Waals surface area contributed by atoms with E-state index in [0.29, 0.717) is 16.9 Å². The second-order valence-corrected chi connectivity index (χ2v) is 9.75. The van der Waals surface area contributed by atoms with E-state index in [0.717, 1.165) is 0 Å². The molecule has 0 aliphatic carbocycles. The number of ether oxygens (including phenoxy) is 2. The predicted octanol–water partition coefficient (Wildman–Crippen LogP) is 1.45. The summed E-state index contributed by atoms with van der Waals surface area (Å²) in [4.78, 5) is 51.1. The first kappa shape index (κ1) is 23.8. The SMILES string of the molecule is CC1=C(C(=O)OCOC(=O)C(C)(C)C)N2C(=O)[C@@H](NC(=O)[C@H](N)c3ccccc3)[C@H]2SC1. The average Bonchev–Trinajstić information content (AvgIpc) is 2.76. The van der Waals surface area contributed by atoms with E-state index in [1.54, 1.807) is 52.0 Å². The van der Waals surface area contributed by atoms with Gasteiger partial charge in [-0.25, -0.2) is 4.79 Å². The molecule has 1 fully saturated rings. The number of nitrogens with zero attached hydrogens (tertiary/aromatic N) is 1. The number of fused-ring (bicyclic) bond motifs is 1. The van der Waals surface area contributed by atoms with E-state index in [1.165, 1.54) is 16.7 Å². The van der Waals surface area contributed by atoms with E-state index in [4.69, 9.17) is 15.2 Å². The van der Waals surface area contributed by atoms with Crippen LogP contribution in [0.25, 0.3) is 0 Å². The lowest BCUT2D eigenvalue weighted by Crippen LogP contribution is -2.71. The first-order chi connectivity index (χ1) is 15.0. The molecule has 2 amide bonds. The van der Waals surface area contributed by atoms with Gasteiger partial charge in [0.05, 0.1) is 5.41 Å². The van der Waals surface area contributed by atoms with E-state index in [-0.39, 0.29) is 5.70 Å². The van der Waals surface area contributed by atoms with Gasteiger partial charge < -0.3 is 20.5 Å². The number of benzene rings is 1. The molecule has 1 aromatic rings. The van der Waals surface area contributed by atoms with Crippen LogP contribution in [-0.2, 0) is 28.7 Å². The van der Waals surface area contributed by atoms with Crippen molar-refractivity contribution < 1.29 is 28.7 Å². The quantitative estimate of drug-likeness (QED) is 0.370. The predicted molar refractivity (Wildman–Crippen MR) is 118 cm³/mol.